The monoisotopic (exact) mass is 244 g/mol. The lowest BCUT2D eigenvalue weighted by Gasteiger charge is -2.07. The number of para-hydroxylation sites is 1. The van der Waals surface area contributed by atoms with Crippen LogP contribution in [0.1, 0.15) is 12.0 Å². The summed E-state index contributed by atoms with van der Waals surface area (Å²) >= 11 is 3.19. The molecule has 0 aliphatic rings. The molecule has 1 aromatic carbocycles. The highest BCUT2D eigenvalue weighted by Gasteiger charge is 2.04. The maximum atomic E-state index is 9.40. The van der Waals surface area contributed by atoms with Crippen LogP contribution in [-0.4, -0.2) is 21.6 Å². The Morgan fingerprint density at radius 2 is 2.00 bits per heavy atom. The predicted molar refractivity (Wildman–Crippen MR) is 56.2 cm³/mol. The molecule has 0 radical (unpaired) electrons. The van der Waals surface area contributed by atoms with Crippen molar-refractivity contribution in [3.8, 4) is 5.75 Å². The maximum Gasteiger partial charge on any atom is 0.118 e. The van der Waals surface area contributed by atoms with Crippen LogP contribution in [0.15, 0.2) is 24.3 Å². The molecule has 13 heavy (non-hydrogen) atoms. The minimum atomic E-state index is -0.334. The van der Waals surface area contributed by atoms with E-state index in [9.17, 15) is 10.2 Å². The molecule has 0 heterocycles. The quantitative estimate of drug-likeness (QED) is 0.797. The number of aliphatic hydroxyl groups is 1. The fraction of sp³-hybridized carbons (Fsp3) is 0.400. The zero-order valence-corrected chi connectivity index (χ0v) is 8.87. The topological polar surface area (TPSA) is 40.5 Å². The first-order valence-electron chi connectivity index (χ1n) is 4.25. The van der Waals surface area contributed by atoms with Crippen molar-refractivity contribution in [1.82, 2.24) is 0 Å². The van der Waals surface area contributed by atoms with Gasteiger partial charge in [-0.15, -0.1) is 0 Å². The molecule has 0 aliphatic heterocycles. The Balaban J connectivity index is 2.50. The standard InChI is InChI=1S/C10H13BrO2/c11-7-9(12)6-5-8-3-1-2-4-10(8)13/h1-4,9,12-13H,5-7H2/t9-/m0/s1. The smallest absolute Gasteiger partial charge is 0.118 e. The van der Waals surface area contributed by atoms with E-state index < -0.39 is 0 Å². The number of alkyl halides is 1. The summed E-state index contributed by atoms with van der Waals surface area (Å²) in [5.41, 5.74) is 0.891. The average molecular weight is 245 g/mol. The Kier molecular flexibility index (Phi) is 4.25. The van der Waals surface area contributed by atoms with Crippen LogP contribution in [0.3, 0.4) is 0 Å². The lowest BCUT2D eigenvalue weighted by Crippen LogP contribution is -2.08. The molecule has 0 unspecified atom stereocenters. The summed E-state index contributed by atoms with van der Waals surface area (Å²) in [6, 6.07) is 7.21. The Morgan fingerprint density at radius 3 is 2.62 bits per heavy atom. The molecule has 1 aromatic rings. The molecule has 0 fully saturated rings. The number of benzene rings is 1. The molecule has 72 valence electrons. The van der Waals surface area contributed by atoms with Crippen LogP contribution in [0, 0.1) is 0 Å². The van der Waals surface area contributed by atoms with Crippen LogP contribution in [0.4, 0.5) is 0 Å². The maximum absolute atomic E-state index is 9.40. The molecule has 0 bridgehead atoms. The van der Waals surface area contributed by atoms with E-state index >= 15 is 0 Å². The van der Waals surface area contributed by atoms with Crippen molar-refractivity contribution in [2.24, 2.45) is 0 Å². The molecular weight excluding hydrogens is 232 g/mol. The van der Waals surface area contributed by atoms with E-state index in [1.165, 1.54) is 0 Å². The summed E-state index contributed by atoms with van der Waals surface area (Å²) in [5, 5.41) is 19.3. The number of hydrogen-bond donors (Lipinski definition) is 2. The molecule has 0 saturated carbocycles. The van der Waals surface area contributed by atoms with Crippen molar-refractivity contribution in [3.05, 3.63) is 29.8 Å². The predicted octanol–water partition coefficient (Wildman–Crippen LogP) is 2.08. The third kappa shape index (κ3) is 3.36. The third-order valence-corrected chi connectivity index (χ3v) is 2.66. The van der Waals surface area contributed by atoms with Crippen LogP contribution in [0.2, 0.25) is 0 Å². The molecule has 0 aliphatic carbocycles. The summed E-state index contributed by atoms with van der Waals surface area (Å²) in [6.07, 6.45) is 1.04. The molecule has 0 aromatic heterocycles. The van der Waals surface area contributed by atoms with Crippen LogP contribution in [0.5, 0.6) is 5.75 Å². The van der Waals surface area contributed by atoms with Gasteiger partial charge in [-0.25, -0.2) is 0 Å². The van der Waals surface area contributed by atoms with Gasteiger partial charge in [-0.05, 0) is 24.5 Å². The third-order valence-electron chi connectivity index (χ3n) is 1.92. The number of halogens is 1. The zero-order valence-electron chi connectivity index (χ0n) is 7.28. The van der Waals surface area contributed by atoms with E-state index in [-0.39, 0.29) is 6.10 Å². The summed E-state index contributed by atoms with van der Waals surface area (Å²) in [7, 11) is 0. The van der Waals surface area contributed by atoms with Crippen molar-refractivity contribution < 1.29 is 10.2 Å². The molecule has 1 atom stereocenters. The van der Waals surface area contributed by atoms with Crippen molar-refractivity contribution >= 4 is 15.9 Å². The van der Waals surface area contributed by atoms with Crippen molar-refractivity contribution in [2.75, 3.05) is 5.33 Å². The minimum Gasteiger partial charge on any atom is -0.508 e. The second-order valence-electron chi connectivity index (χ2n) is 2.98. The SMILES string of the molecule is Oc1ccccc1CC[C@H](O)CBr. The number of aromatic hydroxyl groups is 1. The van der Waals surface area contributed by atoms with Crippen LogP contribution < -0.4 is 0 Å². The van der Waals surface area contributed by atoms with Crippen molar-refractivity contribution in [3.63, 3.8) is 0 Å². The lowest BCUT2D eigenvalue weighted by atomic mass is 10.1. The van der Waals surface area contributed by atoms with Gasteiger partial charge in [-0.1, -0.05) is 34.1 Å². The summed E-state index contributed by atoms with van der Waals surface area (Å²) in [5.74, 6) is 0.310. The molecule has 0 spiro atoms. The van der Waals surface area contributed by atoms with E-state index in [0.29, 0.717) is 23.9 Å². The van der Waals surface area contributed by atoms with Gasteiger partial charge in [0.1, 0.15) is 5.75 Å². The Hall–Kier alpha value is -0.540. The van der Waals surface area contributed by atoms with Gasteiger partial charge in [-0.3, -0.25) is 0 Å². The normalized spacial score (nSPS) is 12.8. The van der Waals surface area contributed by atoms with Gasteiger partial charge in [0.05, 0.1) is 6.10 Å². The van der Waals surface area contributed by atoms with Gasteiger partial charge in [0, 0.05) is 5.33 Å². The van der Waals surface area contributed by atoms with Crippen molar-refractivity contribution in [1.29, 1.82) is 0 Å². The number of phenols is 1. The fourth-order valence-electron chi connectivity index (χ4n) is 1.12. The number of phenolic OH excluding ortho intramolecular Hbond substituents is 1. The first-order chi connectivity index (χ1) is 6.24. The van der Waals surface area contributed by atoms with Crippen LogP contribution >= 0.6 is 15.9 Å². The second kappa shape index (κ2) is 5.25. The van der Waals surface area contributed by atoms with Gasteiger partial charge in [-0.2, -0.15) is 0 Å². The molecule has 0 saturated heterocycles. The van der Waals surface area contributed by atoms with E-state index in [0.717, 1.165) is 5.56 Å². The highest BCUT2D eigenvalue weighted by molar-refractivity contribution is 9.09. The molecule has 3 heteroatoms. The van der Waals surface area contributed by atoms with Crippen LogP contribution in [0.25, 0.3) is 0 Å². The van der Waals surface area contributed by atoms with E-state index in [2.05, 4.69) is 15.9 Å². The molecule has 0 amide bonds. The summed E-state index contributed by atoms with van der Waals surface area (Å²) < 4.78 is 0. The molecule has 2 nitrogen and oxygen atoms in total. The van der Waals surface area contributed by atoms with Gasteiger partial charge in [0.15, 0.2) is 0 Å². The number of rotatable bonds is 4. The zero-order chi connectivity index (χ0) is 9.68. The van der Waals surface area contributed by atoms with Gasteiger partial charge in [0.2, 0.25) is 0 Å². The lowest BCUT2D eigenvalue weighted by molar-refractivity contribution is 0.190. The highest BCUT2D eigenvalue weighted by Crippen LogP contribution is 2.18. The first kappa shape index (κ1) is 10.5. The fourth-order valence-corrected chi connectivity index (χ4v) is 1.45. The van der Waals surface area contributed by atoms with E-state index in [4.69, 9.17) is 0 Å². The summed E-state index contributed by atoms with van der Waals surface area (Å²) in [6.45, 7) is 0. The van der Waals surface area contributed by atoms with Crippen molar-refractivity contribution in [2.45, 2.75) is 18.9 Å². The molecule has 1 rings (SSSR count). The Bertz CT molecular complexity index is 263. The number of aliphatic hydroxyl groups excluding tert-OH is 1. The Morgan fingerprint density at radius 1 is 1.31 bits per heavy atom. The van der Waals surface area contributed by atoms with Crippen LogP contribution in [-0.2, 0) is 6.42 Å². The molecular formula is C10H13BrO2. The minimum absolute atomic E-state index is 0.310. The second-order valence-corrected chi connectivity index (χ2v) is 3.62. The summed E-state index contributed by atoms with van der Waals surface area (Å²) in [4.78, 5) is 0. The Labute approximate surface area is 86.3 Å². The first-order valence-corrected chi connectivity index (χ1v) is 5.37. The van der Waals surface area contributed by atoms with Gasteiger partial charge < -0.3 is 10.2 Å². The van der Waals surface area contributed by atoms with E-state index in [1.54, 1.807) is 12.1 Å². The number of aryl methyl sites for hydroxylation is 1. The highest BCUT2D eigenvalue weighted by atomic mass is 79.9. The van der Waals surface area contributed by atoms with Gasteiger partial charge in [0.25, 0.3) is 0 Å². The molecule has 2 N–H and O–H groups in total. The average Bonchev–Trinajstić information content (AvgIpc) is 2.16. The largest absolute Gasteiger partial charge is 0.508 e. The van der Waals surface area contributed by atoms with E-state index in [1.807, 2.05) is 12.1 Å². The van der Waals surface area contributed by atoms with Gasteiger partial charge >= 0.3 is 0 Å². The number of hydrogen-bond acceptors (Lipinski definition) is 2.